The topological polar surface area (TPSA) is 35.5 Å². The number of allylic oxidation sites excluding steroid dienone is 1. The summed E-state index contributed by atoms with van der Waals surface area (Å²) in [4.78, 5) is 13.6. The molecule has 5 heteroatoms. The zero-order valence-electron chi connectivity index (χ0n) is 22.8. The number of ketones is 1. The van der Waals surface area contributed by atoms with Crippen molar-refractivity contribution < 1.29 is 13.6 Å². The molecule has 0 spiro atoms. The number of rotatable bonds is 5. The van der Waals surface area contributed by atoms with Crippen LogP contribution < -0.4 is 0 Å². The van der Waals surface area contributed by atoms with E-state index in [-0.39, 0.29) is 39.9 Å². The first-order valence-corrected chi connectivity index (χ1v) is 18.5. The molecule has 1 saturated carbocycles. The van der Waals surface area contributed by atoms with Crippen LogP contribution in [0.3, 0.4) is 0 Å². The van der Waals surface area contributed by atoms with E-state index in [0.717, 1.165) is 24.0 Å². The van der Waals surface area contributed by atoms with Crippen LogP contribution in [0.4, 0.5) is 0 Å². The highest BCUT2D eigenvalue weighted by atomic mass is 28.4. The Morgan fingerprint density at radius 3 is 1.85 bits per heavy atom. The van der Waals surface area contributed by atoms with Gasteiger partial charge in [0, 0.05) is 11.5 Å². The van der Waals surface area contributed by atoms with Crippen LogP contribution in [0.25, 0.3) is 5.57 Å². The van der Waals surface area contributed by atoms with Crippen molar-refractivity contribution in [3.8, 4) is 0 Å². The quantitative estimate of drug-likeness (QED) is 0.397. The second-order valence-electron chi connectivity index (χ2n) is 13.2. The summed E-state index contributed by atoms with van der Waals surface area (Å²) in [6.45, 7) is 25.2. The van der Waals surface area contributed by atoms with Crippen LogP contribution in [-0.4, -0.2) is 34.6 Å². The predicted molar refractivity (Wildman–Crippen MR) is 144 cm³/mol. The Labute approximate surface area is 204 Å². The summed E-state index contributed by atoms with van der Waals surface area (Å²) >= 11 is 0. The summed E-state index contributed by atoms with van der Waals surface area (Å²) in [5, 5.41) is 0.212. The molecule has 0 heterocycles. The normalized spacial score (nSPS) is 27.2. The average Bonchev–Trinajstić information content (AvgIpc) is 2.93. The van der Waals surface area contributed by atoms with E-state index in [0.29, 0.717) is 0 Å². The van der Waals surface area contributed by atoms with E-state index in [2.05, 4.69) is 86.8 Å². The minimum Gasteiger partial charge on any atom is -0.411 e. The molecule has 2 aliphatic rings. The summed E-state index contributed by atoms with van der Waals surface area (Å²) < 4.78 is 14.3. The van der Waals surface area contributed by atoms with Gasteiger partial charge in [0.25, 0.3) is 0 Å². The van der Waals surface area contributed by atoms with Gasteiger partial charge in [-0.3, -0.25) is 4.79 Å². The van der Waals surface area contributed by atoms with E-state index < -0.39 is 16.6 Å². The first-order valence-electron chi connectivity index (χ1n) is 12.7. The van der Waals surface area contributed by atoms with Crippen molar-refractivity contribution in [2.45, 2.75) is 110 Å². The van der Waals surface area contributed by atoms with Crippen molar-refractivity contribution in [3.05, 3.63) is 41.5 Å². The lowest BCUT2D eigenvalue weighted by Gasteiger charge is -2.48. The number of benzene rings is 1. The van der Waals surface area contributed by atoms with Crippen LogP contribution >= 0.6 is 0 Å². The highest BCUT2D eigenvalue weighted by Crippen LogP contribution is 2.51. The number of fused-ring (bicyclic) bond motifs is 1. The SMILES string of the molecule is C[C@@H]1C(=O)C(c2ccccc2)=C2[C@H]1CC[C@H](O[Si](C)(C)C(C)(C)C)[C@H]2O[Si](C)(C)C(C)(C)C. The van der Waals surface area contributed by atoms with Crippen molar-refractivity contribution in [1.29, 1.82) is 0 Å². The summed E-state index contributed by atoms with van der Waals surface area (Å²) in [7, 11) is -4.11. The van der Waals surface area contributed by atoms with Gasteiger partial charge < -0.3 is 8.85 Å². The summed E-state index contributed by atoms with van der Waals surface area (Å²) in [5.74, 6) is 0.536. The molecule has 1 aromatic rings. The van der Waals surface area contributed by atoms with Gasteiger partial charge in [-0.1, -0.05) is 78.8 Å². The second kappa shape index (κ2) is 8.89. The molecule has 184 valence electrons. The molecule has 0 bridgehead atoms. The molecular weight excluding hydrogens is 440 g/mol. The number of Topliss-reactive ketones (excluding diaryl/α,β-unsaturated/α-hetero) is 1. The number of hydrogen-bond acceptors (Lipinski definition) is 3. The molecule has 2 aliphatic carbocycles. The Kier molecular flexibility index (Phi) is 7.16. The molecule has 0 amide bonds. The van der Waals surface area contributed by atoms with Gasteiger partial charge >= 0.3 is 0 Å². The minimum atomic E-state index is -2.10. The van der Waals surface area contributed by atoms with Crippen molar-refractivity contribution in [1.82, 2.24) is 0 Å². The van der Waals surface area contributed by atoms with Gasteiger partial charge in [-0.2, -0.15) is 0 Å². The zero-order chi connectivity index (χ0) is 25.0. The average molecular weight is 487 g/mol. The molecule has 3 nitrogen and oxygen atoms in total. The molecule has 0 aliphatic heterocycles. The summed E-state index contributed by atoms with van der Waals surface area (Å²) in [5.41, 5.74) is 3.16. The molecule has 1 fully saturated rings. The Bertz CT molecular complexity index is 903. The maximum atomic E-state index is 13.6. The van der Waals surface area contributed by atoms with Crippen molar-refractivity contribution in [2.75, 3.05) is 0 Å². The molecule has 4 atom stereocenters. The zero-order valence-corrected chi connectivity index (χ0v) is 24.8. The van der Waals surface area contributed by atoms with Crippen LogP contribution in [0.15, 0.2) is 35.9 Å². The minimum absolute atomic E-state index is 0.00285. The van der Waals surface area contributed by atoms with E-state index in [1.54, 1.807) is 0 Å². The van der Waals surface area contributed by atoms with Crippen LogP contribution in [0.5, 0.6) is 0 Å². The Balaban J connectivity index is 2.16. The number of carbonyl (C=O) groups excluding carboxylic acids is 1. The van der Waals surface area contributed by atoms with Crippen LogP contribution in [-0.2, 0) is 13.6 Å². The van der Waals surface area contributed by atoms with Gasteiger partial charge in [0.1, 0.15) is 0 Å². The Hall–Kier alpha value is -1.02. The Morgan fingerprint density at radius 1 is 0.818 bits per heavy atom. The van der Waals surface area contributed by atoms with Crippen molar-refractivity contribution >= 4 is 28.0 Å². The van der Waals surface area contributed by atoms with E-state index in [9.17, 15) is 4.79 Å². The summed E-state index contributed by atoms with van der Waals surface area (Å²) in [6.07, 6.45) is 1.81. The van der Waals surface area contributed by atoms with E-state index >= 15 is 0 Å². The third-order valence-corrected chi connectivity index (χ3v) is 17.9. The lowest BCUT2D eigenvalue weighted by Crippen LogP contribution is -2.54. The van der Waals surface area contributed by atoms with Crippen LogP contribution in [0, 0.1) is 11.8 Å². The van der Waals surface area contributed by atoms with Gasteiger partial charge in [-0.25, -0.2) is 0 Å². The third kappa shape index (κ3) is 5.02. The molecule has 1 aromatic carbocycles. The standard InChI is InChI=1S/C28H46O3Si2/c1-19-21-17-18-22(30-32(8,9)27(2,3)4)26(31-33(10,11)28(5,6)7)24(21)23(25(19)29)20-15-13-12-14-16-20/h12-16,19,21-22,26H,17-18H2,1-11H3/t19-,21-,22-,26+/m0/s1. The lowest BCUT2D eigenvalue weighted by atomic mass is 9.78. The van der Waals surface area contributed by atoms with E-state index in [1.807, 2.05) is 18.2 Å². The van der Waals surface area contributed by atoms with E-state index in [1.165, 1.54) is 5.57 Å². The first kappa shape index (κ1) is 26.6. The molecule has 0 aromatic heterocycles. The molecule has 0 unspecified atom stereocenters. The maximum absolute atomic E-state index is 13.6. The fourth-order valence-electron chi connectivity index (χ4n) is 4.68. The fraction of sp³-hybridized carbons (Fsp3) is 0.679. The first-order chi connectivity index (χ1) is 15.0. The van der Waals surface area contributed by atoms with Crippen molar-refractivity contribution in [2.24, 2.45) is 11.8 Å². The highest BCUT2D eigenvalue weighted by Gasteiger charge is 2.52. The monoisotopic (exact) mass is 486 g/mol. The molecule has 33 heavy (non-hydrogen) atoms. The molecule has 0 saturated heterocycles. The summed E-state index contributed by atoms with van der Waals surface area (Å²) in [6, 6.07) is 10.2. The van der Waals surface area contributed by atoms with Crippen molar-refractivity contribution in [3.63, 3.8) is 0 Å². The van der Waals surface area contributed by atoms with Gasteiger partial charge in [-0.15, -0.1) is 0 Å². The van der Waals surface area contributed by atoms with E-state index in [4.69, 9.17) is 8.85 Å². The molecule has 0 N–H and O–H groups in total. The number of hydrogen-bond donors (Lipinski definition) is 0. The largest absolute Gasteiger partial charge is 0.411 e. The predicted octanol–water partition coefficient (Wildman–Crippen LogP) is 7.85. The lowest BCUT2D eigenvalue weighted by molar-refractivity contribution is -0.117. The fourth-order valence-corrected chi connectivity index (χ4v) is 7.30. The van der Waals surface area contributed by atoms with Gasteiger partial charge in [-0.05, 0) is 66.2 Å². The molecule has 0 radical (unpaired) electrons. The van der Waals surface area contributed by atoms with Crippen LogP contribution in [0.1, 0.15) is 66.9 Å². The van der Waals surface area contributed by atoms with Gasteiger partial charge in [0.2, 0.25) is 0 Å². The Morgan fingerprint density at radius 2 is 1.33 bits per heavy atom. The van der Waals surface area contributed by atoms with Gasteiger partial charge in [0.15, 0.2) is 22.4 Å². The van der Waals surface area contributed by atoms with Gasteiger partial charge in [0.05, 0.1) is 12.2 Å². The smallest absolute Gasteiger partial charge is 0.193 e. The van der Waals surface area contributed by atoms with Crippen LogP contribution in [0.2, 0.25) is 36.3 Å². The third-order valence-electron chi connectivity index (χ3n) is 8.90. The molecule has 3 rings (SSSR count). The maximum Gasteiger partial charge on any atom is 0.193 e. The molecular formula is C28H46O3Si2. The second-order valence-corrected chi connectivity index (χ2v) is 22.8. The number of carbonyl (C=O) groups is 1. The highest BCUT2D eigenvalue weighted by molar-refractivity contribution is 6.74.